The molecule has 0 radical (unpaired) electrons. The normalized spacial score (nSPS) is 11.1. The number of carbonyl (C=O) groups is 2. The van der Waals surface area contributed by atoms with Crippen LogP contribution in [0.15, 0.2) is 24.3 Å². The van der Waals surface area contributed by atoms with Crippen LogP contribution in [0.25, 0.3) is 0 Å². The fourth-order valence-electron chi connectivity index (χ4n) is 1.33. The van der Waals surface area contributed by atoms with E-state index in [1.807, 2.05) is 6.07 Å². The average Bonchev–Trinajstić information content (AvgIpc) is 2.47. The van der Waals surface area contributed by atoms with E-state index in [4.69, 9.17) is 14.7 Å². The number of ether oxygens (including phenoxy) is 2. The highest BCUT2D eigenvalue weighted by molar-refractivity contribution is 5.81. The average molecular weight is 294 g/mol. The number of esters is 1. The van der Waals surface area contributed by atoms with Crippen molar-refractivity contribution in [3.8, 4) is 11.8 Å². The number of halogens is 1. The van der Waals surface area contributed by atoms with Crippen molar-refractivity contribution in [2.24, 2.45) is 0 Å². The number of amides is 1. The van der Waals surface area contributed by atoms with Gasteiger partial charge in [0, 0.05) is 6.54 Å². The van der Waals surface area contributed by atoms with Crippen molar-refractivity contribution < 1.29 is 23.5 Å². The zero-order chi connectivity index (χ0) is 15.7. The third-order valence-electron chi connectivity index (χ3n) is 2.36. The van der Waals surface area contributed by atoms with Crippen LogP contribution in [0.4, 0.5) is 4.39 Å². The molecule has 21 heavy (non-hydrogen) atoms. The summed E-state index contributed by atoms with van der Waals surface area (Å²) in [5, 5.41) is 10.7. The van der Waals surface area contributed by atoms with Crippen LogP contribution in [-0.4, -0.2) is 31.1 Å². The maximum Gasteiger partial charge on any atom is 0.347 e. The molecule has 0 saturated carbocycles. The van der Waals surface area contributed by atoms with Gasteiger partial charge in [0.1, 0.15) is 11.6 Å². The highest BCUT2D eigenvalue weighted by Crippen LogP contribution is 2.13. The summed E-state index contributed by atoms with van der Waals surface area (Å²) in [6.45, 7) is 1.22. The van der Waals surface area contributed by atoms with Gasteiger partial charge in [-0.2, -0.15) is 5.26 Å². The van der Waals surface area contributed by atoms with Gasteiger partial charge in [-0.25, -0.2) is 9.18 Å². The van der Waals surface area contributed by atoms with Gasteiger partial charge in [-0.3, -0.25) is 4.79 Å². The molecule has 6 nitrogen and oxygen atoms in total. The molecule has 0 aromatic heterocycles. The number of hydrogen-bond acceptors (Lipinski definition) is 5. The van der Waals surface area contributed by atoms with E-state index in [0.29, 0.717) is 5.75 Å². The zero-order valence-corrected chi connectivity index (χ0v) is 11.5. The number of carbonyl (C=O) groups excluding carboxylic acids is 2. The lowest BCUT2D eigenvalue weighted by molar-refractivity contribution is -0.154. The van der Waals surface area contributed by atoms with Crippen molar-refractivity contribution in [1.82, 2.24) is 5.32 Å². The molecule has 0 fully saturated rings. The lowest BCUT2D eigenvalue weighted by atomic mass is 10.3. The van der Waals surface area contributed by atoms with Gasteiger partial charge in [0.2, 0.25) is 0 Å². The summed E-state index contributed by atoms with van der Waals surface area (Å²) in [6.07, 6.45) is -0.744. The molecule has 0 heterocycles. The standard InChI is InChI=1S/C14H15FN2O4/c1-10(21-12-5-3-11(15)4-6-12)14(19)20-9-13(18)17-8-2-7-16/h3-6,10H,2,8-9H2,1H3,(H,17,18)/t10-/m1/s1. The number of nitrogens with zero attached hydrogens (tertiary/aromatic N) is 1. The Kier molecular flexibility index (Phi) is 6.68. The Morgan fingerprint density at radius 3 is 2.67 bits per heavy atom. The predicted octanol–water partition coefficient (Wildman–Crippen LogP) is 1.17. The Balaban J connectivity index is 2.32. The second-order valence-corrected chi connectivity index (χ2v) is 4.08. The Labute approximate surface area is 121 Å². The van der Waals surface area contributed by atoms with Crippen LogP contribution in [-0.2, 0) is 14.3 Å². The van der Waals surface area contributed by atoms with E-state index in [9.17, 15) is 14.0 Å². The van der Waals surface area contributed by atoms with Crippen LogP contribution in [0, 0.1) is 17.1 Å². The molecule has 1 aromatic rings. The van der Waals surface area contributed by atoms with Gasteiger partial charge in [-0.15, -0.1) is 0 Å². The lowest BCUT2D eigenvalue weighted by Gasteiger charge is -2.13. The number of rotatable bonds is 7. The molecule has 112 valence electrons. The van der Waals surface area contributed by atoms with Crippen molar-refractivity contribution in [3.63, 3.8) is 0 Å². The van der Waals surface area contributed by atoms with Gasteiger partial charge in [-0.1, -0.05) is 0 Å². The highest BCUT2D eigenvalue weighted by atomic mass is 19.1. The van der Waals surface area contributed by atoms with E-state index in [1.54, 1.807) is 0 Å². The number of nitriles is 1. The van der Waals surface area contributed by atoms with Crippen LogP contribution in [0.5, 0.6) is 5.75 Å². The minimum Gasteiger partial charge on any atom is -0.479 e. The van der Waals surface area contributed by atoms with E-state index in [0.717, 1.165) is 0 Å². The smallest absolute Gasteiger partial charge is 0.347 e. The molecule has 1 atom stereocenters. The van der Waals surface area contributed by atoms with Gasteiger partial charge in [0.25, 0.3) is 5.91 Å². The molecule has 0 bridgehead atoms. The quantitative estimate of drug-likeness (QED) is 0.602. The summed E-state index contributed by atoms with van der Waals surface area (Å²) in [5.74, 6) is -1.30. The van der Waals surface area contributed by atoms with Gasteiger partial charge in [0.05, 0.1) is 12.5 Å². The number of benzene rings is 1. The van der Waals surface area contributed by atoms with Crippen LogP contribution < -0.4 is 10.1 Å². The van der Waals surface area contributed by atoms with E-state index in [1.165, 1.54) is 31.2 Å². The number of nitrogens with one attached hydrogen (secondary N) is 1. The van der Waals surface area contributed by atoms with E-state index < -0.39 is 30.4 Å². The summed E-state index contributed by atoms with van der Waals surface area (Å²) >= 11 is 0. The third kappa shape index (κ3) is 6.38. The van der Waals surface area contributed by atoms with Crippen molar-refractivity contribution in [2.45, 2.75) is 19.4 Å². The summed E-state index contributed by atoms with van der Waals surface area (Å²) in [6, 6.07) is 7.04. The van der Waals surface area contributed by atoms with Crippen molar-refractivity contribution in [2.75, 3.05) is 13.2 Å². The topological polar surface area (TPSA) is 88.4 Å². The molecule has 0 saturated heterocycles. The molecule has 1 rings (SSSR count). The molecular formula is C14H15FN2O4. The summed E-state index contributed by atoms with van der Waals surface area (Å²) in [5.41, 5.74) is 0. The van der Waals surface area contributed by atoms with Crippen LogP contribution in [0.1, 0.15) is 13.3 Å². The molecule has 7 heteroatoms. The van der Waals surface area contributed by atoms with Crippen LogP contribution in [0.2, 0.25) is 0 Å². The molecule has 0 aliphatic heterocycles. The van der Waals surface area contributed by atoms with Crippen molar-refractivity contribution in [3.05, 3.63) is 30.1 Å². The second-order valence-electron chi connectivity index (χ2n) is 4.08. The summed E-state index contributed by atoms with van der Waals surface area (Å²) in [4.78, 5) is 22.9. The fraction of sp³-hybridized carbons (Fsp3) is 0.357. The fourth-order valence-corrected chi connectivity index (χ4v) is 1.33. The molecule has 0 spiro atoms. The summed E-state index contributed by atoms with van der Waals surface area (Å²) in [7, 11) is 0. The predicted molar refractivity (Wildman–Crippen MR) is 70.7 cm³/mol. The first-order valence-corrected chi connectivity index (χ1v) is 6.25. The Bertz CT molecular complexity index is 525. The SMILES string of the molecule is C[C@@H](Oc1ccc(F)cc1)C(=O)OCC(=O)NCCC#N. The molecule has 1 N–H and O–H groups in total. The largest absolute Gasteiger partial charge is 0.479 e. The van der Waals surface area contributed by atoms with E-state index in [2.05, 4.69) is 5.32 Å². The van der Waals surface area contributed by atoms with E-state index in [-0.39, 0.29) is 13.0 Å². The molecule has 0 aliphatic carbocycles. The van der Waals surface area contributed by atoms with Crippen LogP contribution in [0.3, 0.4) is 0 Å². The monoisotopic (exact) mass is 294 g/mol. The van der Waals surface area contributed by atoms with Gasteiger partial charge < -0.3 is 14.8 Å². The second kappa shape index (κ2) is 8.53. The Hall–Kier alpha value is -2.62. The highest BCUT2D eigenvalue weighted by Gasteiger charge is 2.17. The molecule has 0 aliphatic rings. The van der Waals surface area contributed by atoms with Crippen molar-refractivity contribution >= 4 is 11.9 Å². The first-order valence-electron chi connectivity index (χ1n) is 6.25. The first-order chi connectivity index (χ1) is 10.0. The zero-order valence-electron chi connectivity index (χ0n) is 11.5. The molecule has 1 amide bonds. The van der Waals surface area contributed by atoms with Gasteiger partial charge >= 0.3 is 5.97 Å². The first kappa shape index (κ1) is 16.4. The molecule has 1 aromatic carbocycles. The maximum atomic E-state index is 12.7. The third-order valence-corrected chi connectivity index (χ3v) is 2.36. The van der Waals surface area contributed by atoms with Gasteiger partial charge in [0.15, 0.2) is 12.7 Å². The minimum atomic E-state index is -0.928. The maximum absolute atomic E-state index is 12.7. The van der Waals surface area contributed by atoms with Crippen molar-refractivity contribution in [1.29, 1.82) is 5.26 Å². The Morgan fingerprint density at radius 2 is 2.05 bits per heavy atom. The summed E-state index contributed by atoms with van der Waals surface area (Å²) < 4.78 is 22.7. The Morgan fingerprint density at radius 1 is 1.38 bits per heavy atom. The van der Waals surface area contributed by atoms with Crippen LogP contribution >= 0.6 is 0 Å². The lowest BCUT2D eigenvalue weighted by Crippen LogP contribution is -2.33. The van der Waals surface area contributed by atoms with Gasteiger partial charge in [-0.05, 0) is 31.2 Å². The number of hydrogen-bond donors (Lipinski definition) is 1. The molecule has 0 unspecified atom stereocenters. The molecular weight excluding hydrogens is 279 g/mol. The van der Waals surface area contributed by atoms with E-state index >= 15 is 0 Å². The minimum absolute atomic E-state index is 0.184.